The van der Waals surface area contributed by atoms with E-state index in [1.165, 1.54) is 9.80 Å². The molecule has 1 amide bonds. The normalized spacial score (nSPS) is 16.8. The molecule has 0 bridgehead atoms. The van der Waals surface area contributed by atoms with Crippen LogP contribution in [0.1, 0.15) is 5.56 Å². The average molecular weight is 340 g/mol. The number of nitrogens with zero attached hydrogens (tertiary/aromatic N) is 4. The Balaban J connectivity index is 1.62. The number of methoxy groups -OCH3 is 1. The largest absolute Gasteiger partial charge is 0.497 e. The SMILES string of the molecule is COc1ccc(C#CC(=O)N2CCN(c3ncccn3)C(F)C2)cc1. The molecule has 1 fully saturated rings. The maximum Gasteiger partial charge on any atom is 0.299 e. The van der Waals surface area contributed by atoms with E-state index in [1.54, 1.807) is 49.8 Å². The van der Waals surface area contributed by atoms with Gasteiger partial charge >= 0.3 is 0 Å². The number of rotatable bonds is 2. The van der Waals surface area contributed by atoms with Crippen LogP contribution in [0.25, 0.3) is 0 Å². The molecule has 128 valence electrons. The number of ether oxygens (including phenoxy) is 1. The lowest BCUT2D eigenvalue weighted by atomic mass is 10.2. The Labute approximate surface area is 145 Å². The average Bonchev–Trinajstić information content (AvgIpc) is 2.67. The van der Waals surface area contributed by atoms with Crippen molar-refractivity contribution in [3.63, 3.8) is 0 Å². The third-order valence-electron chi connectivity index (χ3n) is 3.82. The van der Waals surface area contributed by atoms with Crippen molar-refractivity contribution < 1.29 is 13.9 Å². The summed E-state index contributed by atoms with van der Waals surface area (Å²) in [6.45, 7) is 0.629. The summed E-state index contributed by atoms with van der Waals surface area (Å²) in [5, 5.41) is 0. The Bertz CT molecular complexity index is 786. The highest BCUT2D eigenvalue weighted by molar-refractivity contribution is 5.94. The number of benzene rings is 1. The highest BCUT2D eigenvalue weighted by atomic mass is 19.1. The Kier molecular flexibility index (Phi) is 5.09. The molecule has 1 aromatic carbocycles. The zero-order valence-electron chi connectivity index (χ0n) is 13.7. The van der Waals surface area contributed by atoms with Gasteiger partial charge in [0.1, 0.15) is 5.75 Å². The van der Waals surface area contributed by atoms with Gasteiger partial charge in [-0.25, -0.2) is 14.4 Å². The molecular weight excluding hydrogens is 323 g/mol. The van der Waals surface area contributed by atoms with E-state index in [2.05, 4.69) is 21.8 Å². The minimum Gasteiger partial charge on any atom is -0.497 e. The number of alkyl halides is 1. The molecule has 1 atom stereocenters. The number of aromatic nitrogens is 2. The number of hydrogen-bond acceptors (Lipinski definition) is 5. The Morgan fingerprint density at radius 1 is 1.24 bits per heavy atom. The van der Waals surface area contributed by atoms with E-state index < -0.39 is 12.2 Å². The molecule has 0 radical (unpaired) electrons. The number of piperazine rings is 1. The Morgan fingerprint density at radius 3 is 2.60 bits per heavy atom. The van der Waals surface area contributed by atoms with Gasteiger partial charge in [-0.3, -0.25) is 4.79 Å². The first-order chi connectivity index (χ1) is 12.2. The maximum absolute atomic E-state index is 14.4. The number of hydrogen-bond donors (Lipinski definition) is 0. The third-order valence-corrected chi connectivity index (χ3v) is 3.82. The van der Waals surface area contributed by atoms with Gasteiger partial charge in [-0.1, -0.05) is 5.92 Å². The fourth-order valence-electron chi connectivity index (χ4n) is 2.47. The predicted octanol–water partition coefficient (Wildman–Crippen LogP) is 1.48. The highest BCUT2D eigenvalue weighted by Crippen LogP contribution is 2.17. The smallest absolute Gasteiger partial charge is 0.299 e. The second kappa shape index (κ2) is 7.62. The summed E-state index contributed by atoms with van der Waals surface area (Å²) >= 11 is 0. The predicted molar refractivity (Wildman–Crippen MR) is 90.7 cm³/mol. The van der Waals surface area contributed by atoms with Crippen molar-refractivity contribution in [3.05, 3.63) is 48.3 Å². The van der Waals surface area contributed by atoms with Crippen LogP contribution in [-0.4, -0.2) is 53.8 Å². The summed E-state index contributed by atoms with van der Waals surface area (Å²) in [7, 11) is 1.58. The topological polar surface area (TPSA) is 58.6 Å². The fraction of sp³-hybridized carbons (Fsp3) is 0.278. The van der Waals surface area contributed by atoms with Gasteiger partial charge in [0.25, 0.3) is 5.91 Å². The number of anilines is 1. The lowest BCUT2D eigenvalue weighted by Crippen LogP contribution is -2.53. The quantitative estimate of drug-likeness (QED) is 0.612. The van der Waals surface area contributed by atoms with Crippen molar-refractivity contribution in [2.24, 2.45) is 0 Å². The van der Waals surface area contributed by atoms with E-state index in [1.807, 2.05) is 0 Å². The molecular formula is C18H17FN4O2. The molecule has 1 saturated heterocycles. The summed E-state index contributed by atoms with van der Waals surface area (Å²) in [6, 6.07) is 8.74. The fourth-order valence-corrected chi connectivity index (χ4v) is 2.47. The third kappa shape index (κ3) is 4.04. The van der Waals surface area contributed by atoms with Crippen LogP contribution in [0.5, 0.6) is 5.75 Å². The van der Waals surface area contributed by atoms with Crippen LogP contribution in [0.15, 0.2) is 42.7 Å². The highest BCUT2D eigenvalue weighted by Gasteiger charge is 2.30. The number of carbonyl (C=O) groups is 1. The molecule has 6 nitrogen and oxygen atoms in total. The van der Waals surface area contributed by atoms with Crippen molar-refractivity contribution in [2.75, 3.05) is 31.6 Å². The summed E-state index contributed by atoms with van der Waals surface area (Å²) < 4.78 is 19.4. The molecule has 0 spiro atoms. The lowest BCUT2D eigenvalue weighted by Gasteiger charge is -2.36. The molecule has 1 aliphatic rings. The first kappa shape index (κ1) is 16.7. The molecule has 3 rings (SSSR count). The minimum atomic E-state index is -1.36. The van der Waals surface area contributed by atoms with Crippen LogP contribution < -0.4 is 9.64 Å². The summed E-state index contributed by atoms with van der Waals surface area (Å²) in [5.74, 6) is 6.00. The Morgan fingerprint density at radius 2 is 1.96 bits per heavy atom. The van der Waals surface area contributed by atoms with Crippen LogP contribution in [0.2, 0.25) is 0 Å². The zero-order chi connectivity index (χ0) is 17.6. The van der Waals surface area contributed by atoms with Gasteiger partial charge in [0, 0.05) is 37.0 Å². The van der Waals surface area contributed by atoms with Gasteiger partial charge in [0.05, 0.1) is 13.7 Å². The van der Waals surface area contributed by atoms with Crippen molar-refractivity contribution in [1.29, 1.82) is 0 Å². The molecule has 1 aromatic heterocycles. The second-order valence-electron chi connectivity index (χ2n) is 5.41. The van der Waals surface area contributed by atoms with E-state index in [4.69, 9.17) is 4.74 Å². The van der Waals surface area contributed by atoms with E-state index in [9.17, 15) is 9.18 Å². The summed E-state index contributed by atoms with van der Waals surface area (Å²) in [6.07, 6.45) is 1.77. The molecule has 0 aliphatic carbocycles. The summed E-state index contributed by atoms with van der Waals surface area (Å²) in [4.78, 5) is 23.1. The van der Waals surface area contributed by atoms with Gasteiger partial charge in [-0.15, -0.1) is 0 Å². The van der Waals surface area contributed by atoms with Crippen molar-refractivity contribution >= 4 is 11.9 Å². The monoisotopic (exact) mass is 340 g/mol. The molecule has 0 saturated carbocycles. The number of halogens is 1. The molecule has 2 heterocycles. The molecule has 2 aromatic rings. The maximum atomic E-state index is 14.4. The first-order valence-electron chi connectivity index (χ1n) is 7.80. The molecule has 1 aliphatic heterocycles. The van der Waals surface area contributed by atoms with E-state index in [0.717, 1.165) is 5.75 Å². The molecule has 7 heteroatoms. The van der Waals surface area contributed by atoms with E-state index >= 15 is 0 Å². The van der Waals surface area contributed by atoms with E-state index in [-0.39, 0.29) is 6.54 Å². The second-order valence-corrected chi connectivity index (χ2v) is 5.41. The molecule has 1 unspecified atom stereocenters. The van der Waals surface area contributed by atoms with Crippen molar-refractivity contribution in [1.82, 2.24) is 14.9 Å². The Hall–Kier alpha value is -3.14. The lowest BCUT2D eigenvalue weighted by molar-refractivity contribution is -0.126. The zero-order valence-corrected chi connectivity index (χ0v) is 13.7. The van der Waals surface area contributed by atoms with Crippen LogP contribution in [0, 0.1) is 11.8 Å². The van der Waals surface area contributed by atoms with Crippen molar-refractivity contribution in [2.45, 2.75) is 6.30 Å². The van der Waals surface area contributed by atoms with Gasteiger partial charge < -0.3 is 14.5 Å². The first-order valence-corrected chi connectivity index (χ1v) is 7.80. The standard InChI is InChI=1S/C18H17FN4O2/c1-25-15-6-3-14(4-7-15)5-8-17(24)22-11-12-23(16(19)13-22)18-20-9-2-10-21-18/h2-4,6-7,9-10,16H,11-13H2,1H3. The molecule has 25 heavy (non-hydrogen) atoms. The van der Waals surface area contributed by atoms with Gasteiger partial charge in [-0.2, -0.15) is 0 Å². The van der Waals surface area contributed by atoms with E-state index in [0.29, 0.717) is 24.6 Å². The minimum absolute atomic E-state index is 0.0611. The van der Waals surface area contributed by atoms with Crippen LogP contribution in [-0.2, 0) is 4.79 Å². The number of carbonyl (C=O) groups excluding carboxylic acids is 1. The van der Waals surface area contributed by atoms with Gasteiger partial charge in [-0.05, 0) is 30.3 Å². The van der Waals surface area contributed by atoms with Gasteiger partial charge in [0.2, 0.25) is 5.95 Å². The van der Waals surface area contributed by atoms with Crippen molar-refractivity contribution in [3.8, 4) is 17.6 Å². The summed E-state index contributed by atoms with van der Waals surface area (Å²) in [5.41, 5.74) is 0.697. The van der Waals surface area contributed by atoms with Crippen LogP contribution in [0.3, 0.4) is 0 Å². The van der Waals surface area contributed by atoms with Crippen LogP contribution >= 0.6 is 0 Å². The number of amides is 1. The van der Waals surface area contributed by atoms with Crippen LogP contribution in [0.4, 0.5) is 10.3 Å². The molecule has 0 N–H and O–H groups in total. The van der Waals surface area contributed by atoms with Gasteiger partial charge in [0.15, 0.2) is 6.30 Å².